The van der Waals surface area contributed by atoms with Crippen molar-refractivity contribution in [2.45, 2.75) is 6.42 Å². The molecule has 0 fully saturated rings. The average Bonchev–Trinajstić information content (AvgIpc) is 2.60. The predicted molar refractivity (Wildman–Crippen MR) is 99.7 cm³/mol. The summed E-state index contributed by atoms with van der Waals surface area (Å²) in [6.45, 7) is 0.743. The number of nitrogens with one attached hydrogen (secondary N) is 2. The number of guanidine groups is 1. The van der Waals surface area contributed by atoms with E-state index in [2.05, 4.69) is 21.7 Å². The molecule has 0 aliphatic rings. The van der Waals surface area contributed by atoms with Crippen LogP contribution >= 0.6 is 11.6 Å². The summed E-state index contributed by atoms with van der Waals surface area (Å²) in [5, 5.41) is 7.26. The second-order valence-electron chi connectivity index (χ2n) is 5.07. The van der Waals surface area contributed by atoms with E-state index in [0.717, 1.165) is 23.7 Å². The van der Waals surface area contributed by atoms with Gasteiger partial charge in [-0.1, -0.05) is 23.7 Å². The molecule has 0 amide bonds. The van der Waals surface area contributed by atoms with Crippen molar-refractivity contribution in [3.63, 3.8) is 0 Å². The summed E-state index contributed by atoms with van der Waals surface area (Å²) in [4.78, 5) is 4.23. The van der Waals surface area contributed by atoms with E-state index in [1.54, 1.807) is 21.3 Å². The number of methoxy groups -OCH3 is 2. The summed E-state index contributed by atoms with van der Waals surface area (Å²) in [7, 11) is 4.95. The van der Waals surface area contributed by atoms with Crippen LogP contribution in [0.25, 0.3) is 0 Å². The van der Waals surface area contributed by atoms with E-state index in [4.69, 9.17) is 21.1 Å². The van der Waals surface area contributed by atoms with E-state index in [9.17, 15) is 0 Å². The summed E-state index contributed by atoms with van der Waals surface area (Å²) < 4.78 is 10.5. The molecule has 0 bridgehead atoms. The number of anilines is 1. The first kappa shape index (κ1) is 17.9. The Morgan fingerprint density at radius 3 is 2.54 bits per heavy atom. The van der Waals surface area contributed by atoms with Gasteiger partial charge in [0.05, 0.1) is 14.2 Å². The minimum absolute atomic E-state index is 0.664. The molecule has 0 saturated carbocycles. The zero-order valence-electron chi connectivity index (χ0n) is 14.1. The molecule has 0 aliphatic carbocycles. The Bertz CT molecular complexity index is 704. The first-order valence-electron chi connectivity index (χ1n) is 7.60. The molecule has 128 valence electrons. The lowest BCUT2D eigenvalue weighted by atomic mass is 10.1. The van der Waals surface area contributed by atoms with E-state index >= 15 is 0 Å². The zero-order valence-corrected chi connectivity index (χ0v) is 14.9. The van der Waals surface area contributed by atoms with Crippen molar-refractivity contribution < 1.29 is 9.47 Å². The number of nitrogens with zero attached hydrogens (tertiary/aromatic N) is 1. The Balaban J connectivity index is 1.92. The van der Waals surface area contributed by atoms with Crippen LogP contribution in [-0.4, -0.2) is 33.8 Å². The van der Waals surface area contributed by atoms with Gasteiger partial charge in [0.15, 0.2) is 17.5 Å². The van der Waals surface area contributed by atoms with E-state index in [0.29, 0.717) is 17.5 Å². The molecule has 0 saturated heterocycles. The third-order valence-corrected chi connectivity index (χ3v) is 3.70. The van der Waals surface area contributed by atoms with Crippen molar-refractivity contribution in [1.82, 2.24) is 5.32 Å². The number of ether oxygens (including phenoxy) is 2. The highest BCUT2D eigenvalue weighted by molar-refractivity contribution is 6.30. The lowest BCUT2D eigenvalue weighted by molar-refractivity contribution is 0.355. The number of hydrogen-bond donors (Lipinski definition) is 2. The molecule has 0 spiro atoms. The molecule has 2 N–H and O–H groups in total. The van der Waals surface area contributed by atoms with Gasteiger partial charge in [-0.25, -0.2) is 0 Å². The van der Waals surface area contributed by atoms with Crippen LogP contribution in [0.2, 0.25) is 5.02 Å². The second-order valence-corrected chi connectivity index (χ2v) is 5.51. The van der Waals surface area contributed by atoms with Crippen LogP contribution in [0.5, 0.6) is 11.5 Å². The van der Waals surface area contributed by atoms with Gasteiger partial charge >= 0.3 is 0 Å². The highest BCUT2D eigenvalue weighted by Crippen LogP contribution is 2.29. The molecule has 2 rings (SSSR count). The van der Waals surface area contributed by atoms with Crippen LogP contribution in [0.1, 0.15) is 5.56 Å². The molecule has 6 heteroatoms. The van der Waals surface area contributed by atoms with Crippen LogP contribution in [-0.2, 0) is 6.42 Å². The lowest BCUT2D eigenvalue weighted by Gasteiger charge is -2.14. The van der Waals surface area contributed by atoms with Crippen LogP contribution in [0, 0.1) is 0 Å². The van der Waals surface area contributed by atoms with Gasteiger partial charge in [0, 0.05) is 30.4 Å². The summed E-state index contributed by atoms with van der Waals surface area (Å²) in [6.07, 6.45) is 0.854. The van der Waals surface area contributed by atoms with Gasteiger partial charge in [0.1, 0.15) is 0 Å². The van der Waals surface area contributed by atoms with E-state index in [1.807, 2.05) is 36.4 Å². The first-order valence-corrected chi connectivity index (χ1v) is 7.98. The summed E-state index contributed by atoms with van der Waals surface area (Å²) in [5.74, 6) is 2.04. The molecule has 0 radical (unpaired) electrons. The Hall–Kier alpha value is -2.40. The quantitative estimate of drug-likeness (QED) is 0.619. The fourth-order valence-electron chi connectivity index (χ4n) is 2.25. The molecule has 24 heavy (non-hydrogen) atoms. The molecule has 0 heterocycles. The third-order valence-electron chi connectivity index (χ3n) is 3.47. The number of rotatable bonds is 6. The molecule has 0 aliphatic heterocycles. The van der Waals surface area contributed by atoms with E-state index < -0.39 is 0 Å². The SMILES string of the molecule is CN=C(NCCc1cccc(Cl)c1)Nc1ccc(OC)c(OC)c1. The molecule has 2 aromatic carbocycles. The Labute approximate surface area is 147 Å². The van der Waals surface area contributed by atoms with Crippen molar-refractivity contribution in [3.05, 3.63) is 53.1 Å². The van der Waals surface area contributed by atoms with Crippen LogP contribution in [0.3, 0.4) is 0 Å². The van der Waals surface area contributed by atoms with Gasteiger partial charge in [-0.3, -0.25) is 4.99 Å². The maximum absolute atomic E-state index is 6.00. The highest BCUT2D eigenvalue weighted by atomic mass is 35.5. The fraction of sp³-hybridized carbons (Fsp3) is 0.278. The maximum Gasteiger partial charge on any atom is 0.195 e. The predicted octanol–water partition coefficient (Wildman–Crippen LogP) is 3.59. The maximum atomic E-state index is 6.00. The Kier molecular flexibility index (Phi) is 6.75. The average molecular weight is 348 g/mol. The summed E-state index contributed by atoms with van der Waals surface area (Å²) in [6, 6.07) is 13.5. The number of benzene rings is 2. The smallest absolute Gasteiger partial charge is 0.195 e. The van der Waals surface area contributed by atoms with Crippen molar-refractivity contribution in [2.75, 3.05) is 33.1 Å². The Morgan fingerprint density at radius 1 is 1.08 bits per heavy atom. The topological polar surface area (TPSA) is 54.9 Å². The minimum Gasteiger partial charge on any atom is -0.493 e. The molecule has 0 aromatic heterocycles. The van der Waals surface area contributed by atoms with Crippen LogP contribution < -0.4 is 20.1 Å². The second kappa shape index (κ2) is 9.03. The van der Waals surface area contributed by atoms with Crippen molar-refractivity contribution in [3.8, 4) is 11.5 Å². The largest absolute Gasteiger partial charge is 0.493 e. The molecule has 5 nitrogen and oxygen atoms in total. The standard InChI is InChI=1S/C18H22ClN3O2/c1-20-18(21-10-9-13-5-4-6-14(19)11-13)22-15-7-8-16(23-2)17(12-15)24-3/h4-8,11-12H,9-10H2,1-3H3,(H2,20,21,22). The zero-order chi connectivity index (χ0) is 17.4. The summed E-state index contributed by atoms with van der Waals surface area (Å²) >= 11 is 6.00. The molecule has 0 unspecified atom stereocenters. The van der Waals surface area contributed by atoms with E-state index in [1.165, 1.54) is 5.56 Å². The molecule has 0 atom stereocenters. The third kappa shape index (κ3) is 5.06. The fourth-order valence-corrected chi connectivity index (χ4v) is 2.46. The van der Waals surface area contributed by atoms with Crippen molar-refractivity contribution in [1.29, 1.82) is 0 Å². The molecular formula is C18H22ClN3O2. The number of hydrogen-bond acceptors (Lipinski definition) is 3. The molecule has 2 aromatic rings. The van der Waals surface area contributed by atoms with Crippen molar-refractivity contribution >= 4 is 23.2 Å². The lowest BCUT2D eigenvalue weighted by Crippen LogP contribution is -2.32. The highest BCUT2D eigenvalue weighted by Gasteiger charge is 2.06. The van der Waals surface area contributed by atoms with Gasteiger partial charge < -0.3 is 20.1 Å². The van der Waals surface area contributed by atoms with Gasteiger partial charge in [0.2, 0.25) is 0 Å². The first-order chi connectivity index (χ1) is 11.7. The Morgan fingerprint density at radius 2 is 1.88 bits per heavy atom. The minimum atomic E-state index is 0.664. The van der Waals surface area contributed by atoms with Gasteiger partial charge in [0.25, 0.3) is 0 Å². The number of aliphatic imine (C=N–C) groups is 1. The van der Waals surface area contributed by atoms with Crippen LogP contribution in [0.4, 0.5) is 5.69 Å². The monoisotopic (exact) mass is 347 g/mol. The van der Waals surface area contributed by atoms with Gasteiger partial charge in [-0.2, -0.15) is 0 Å². The normalized spacial score (nSPS) is 11.1. The summed E-state index contributed by atoms with van der Waals surface area (Å²) in [5.41, 5.74) is 2.04. The van der Waals surface area contributed by atoms with Gasteiger partial charge in [-0.05, 0) is 36.2 Å². The number of halogens is 1. The van der Waals surface area contributed by atoms with Crippen molar-refractivity contribution in [2.24, 2.45) is 4.99 Å². The van der Waals surface area contributed by atoms with Gasteiger partial charge in [-0.15, -0.1) is 0 Å². The molecular weight excluding hydrogens is 326 g/mol. The van der Waals surface area contributed by atoms with Crippen LogP contribution in [0.15, 0.2) is 47.5 Å². The van der Waals surface area contributed by atoms with E-state index in [-0.39, 0.29) is 0 Å².